The fraction of sp³-hybridized carbons (Fsp3) is 0.533. The van der Waals surface area contributed by atoms with E-state index in [-0.39, 0.29) is 11.6 Å². The van der Waals surface area contributed by atoms with Gasteiger partial charge in [0.15, 0.2) is 11.3 Å². The second-order valence-electron chi connectivity index (χ2n) is 5.93. The molecule has 0 radical (unpaired) electrons. The molecule has 5 heteroatoms. The third kappa shape index (κ3) is 2.28. The van der Waals surface area contributed by atoms with Crippen molar-refractivity contribution in [2.45, 2.75) is 45.4 Å². The van der Waals surface area contributed by atoms with E-state index in [1.165, 1.54) is 19.3 Å². The average Bonchev–Trinajstić information content (AvgIpc) is 2.76. The molecule has 1 saturated carbocycles. The highest BCUT2D eigenvalue weighted by molar-refractivity contribution is 5.86. The fourth-order valence-corrected chi connectivity index (χ4v) is 2.67. The number of carboxylic acids is 1. The van der Waals surface area contributed by atoms with Crippen LogP contribution in [0.1, 0.15) is 60.9 Å². The zero-order valence-electron chi connectivity index (χ0n) is 11.8. The maximum atomic E-state index is 11.1. The van der Waals surface area contributed by atoms with Gasteiger partial charge in [-0.15, -0.1) is 0 Å². The lowest BCUT2D eigenvalue weighted by atomic mass is 9.82. The van der Waals surface area contributed by atoms with Gasteiger partial charge in [-0.25, -0.2) is 14.3 Å². The molecule has 0 unspecified atom stereocenters. The quantitative estimate of drug-likeness (QED) is 0.930. The summed E-state index contributed by atoms with van der Waals surface area (Å²) >= 11 is 0. The van der Waals surface area contributed by atoms with Crippen LogP contribution < -0.4 is 0 Å². The van der Waals surface area contributed by atoms with Crippen molar-refractivity contribution in [1.29, 1.82) is 0 Å². The Labute approximate surface area is 117 Å². The molecule has 2 aromatic rings. The number of nitrogens with zero attached hydrogens (tertiary/aromatic N) is 3. The monoisotopic (exact) mass is 273 g/mol. The highest BCUT2D eigenvalue weighted by Crippen LogP contribution is 2.30. The molecule has 3 rings (SSSR count). The molecule has 20 heavy (non-hydrogen) atoms. The Balaban J connectivity index is 2.06. The summed E-state index contributed by atoms with van der Waals surface area (Å²) in [6.07, 6.45) is 4.87. The molecule has 0 atom stereocenters. The fourth-order valence-electron chi connectivity index (χ4n) is 2.67. The molecule has 1 aliphatic carbocycles. The number of carboxylic acid groups (broad SMARTS) is 1. The Bertz CT molecular complexity index is 656. The summed E-state index contributed by atoms with van der Waals surface area (Å²) in [4.78, 5) is 15.6. The van der Waals surface area contributed by atoms with Crippen LogP contribution >= 0.6 is 0 Å². The molecule has 0 aliphatic heterocycles. The van der Waals surface area contributed by atoms with Crippen LogP contribution in [0.3, 0.4) is 0 Å². The predicted molar refractivity (Wildman–Crippen MR) is 75.1 cm³/mol. The molecule has 0 spiro atoms. The van der Waals surface area contributed by atoms with E-state index < -0.39 is 5.97 Å². The molecule has 1 fully saturated rings. The maximum absolute atomic E-state index is 11.1. The lowest BCUT2D eigenvalue weighted by Crippen LogP contribution is -2.15. The molecule has 0 saturated heterocycles. The summed E-state index contributed by atoms with van der Waals surface area (Å²) in [5, 5.41) is 13.2. The van der Waals surface area contributed by atoms with E-state index in [1.807, 2.05) is 0 Å². The Morgan fingerprint density at radius 2 is 2.20 bits per heavy atom. The van der Waals surface area contributed by atoms with Gasteiger partial charge in [0.05, 0.1) is 0 Å². The highest BCUT2D eigenvalue weighted by Gasteiger charge is 2.20. The van der Waals surface area contributed by atoms with Crippen LogP contribution in [0.5, 0.6) is 0 Å². The van der Waals surface area contributed by atoms with E-state index in [0.29, 0.717) is 5.65 Å². The number of aromatic nitrogens is 3. The van der Waals surface area contributed by atoms with E-state index in [0.717, 1.165) is 23.7 Å². The van der Waals surface area contributed by atoms with Gasteiger partial charge in [-0.3, -0.25) is 0 Å². The number of rotatable bonds is 4. The summed E-state index contributed by atoms with van der Waals surface area (Å²) in [5.74, 6) is 0.0137. The molecule has 5 nitrogen and oxygen atoms in total. The summed E-state index contributed by atoms with van der Waals surface area (Å²) in [5.41, 5.74) is 2.78. The SMILES string of the molecule is CC(C)c1cc(CC2CCC2)nc2cc(C(=O)O)nn12. The second-order valence-corrected chi connectivity index (χ2v) is 5.93. The highest BCUT2D eigenvalue weighted by atomic mass is 16.4. The molecular weight excluding hydrogens is 254 g/mol. The number of fused-ring (bicyclic) bond motifs is 1. The van der Waals surface area contributed by atoms with Crippen molar-refractivity contribution < 1.29 is 9.90 Å². The van der Waals surface area contributed by atoms with Crippen LogP contribution in [0.25, 0.3) is 5.65 Å². The van der Waals surface area contributed by atoms with Gasteiger partial charge in [0.25, 0.3) is 0 Å². The van der Waals surface area contributed by atoms with E-state index in [1.54, 1.807) is 10.6 Å². The van der Waals surface area contributed by atoms with Gasteiger partial charge < -0.3 is 5.11 Å². The summed E-state index contributed by atoms with van der Waals surface area (Å²) < 4.78 is 1.67. The minimum Gasteiger partial charge on any atom is -0.476 e. The van der Waals surface area contributed by atoms with Gasteiger partial charge in [-0.2, -0.15) is 5.10 Å². The van der Waals surface area contributed by atoms with E-state index >= 15 is 0 Å². The summed E-state index contributed by atoms with van der Waals surface area (Å²) in [6, 6.07) is 3.63. The largest absolute Gasteiger partial charge is 0.476 e. The average molecular weight is 273 g/mol. The van der Waals surface area contributed by atoms with Gasteiger partial charge in [0.1, 0.15) is 0 Å². The Hall–Kier alpha value is -1.91. The first-order valence-electron chi connectivity index (χ1n) is 7.17. The summed E-state index contributed by atoms with van der Waals surface area (Å²) in [7, 11) is 0. The van der Waals surface area contributed by atoms with Gasteiger partial charge in [0, 0.05) is 17.5 Å². The van der Waals surface area contributed by atoms with Crippen molar-refractivity contribution in [3.63, 3.8) is 0 Å². The zero-order chi connectivity index (χ0) is 14.3. The molecule has 1 aliphatic rings. The van der Waals surface area contributed by atoms with E-state index in [4.69, 9.17) is 5.11 Å². The van der Waals surface area contributed by atoms with Crippen LogP contribution in [-0.2, 0) is 6.42 Å². The van der Waals surface area contributed by atoms with Crippen LogP contribution in [0.2, 0.25) is 0 Å². The van der Waals surface area contributed by atoms with Crippen molar-refractivity contribution in [3.8, 4) is 0 Å². The Morgan fingerprint density at radius 1 is 1.45 bits per heavy atom. The van der Waals surface area contributed by atoms with Crippen molar-refractivity contribution in [2.75, 3.05) is 0 Å². The molecule has 1 N–H and O–H groups in total. The molecule has 106 valence electrons. The molecule has 2 aromatic heterocycles. The standard InChI is InChI=1S/C15H19N3O2/c1-9(2)13-7-11(6-10-4-3-5-10)16-14-8-12(15(19)20)17-18(13)14/h7-10H,3-6H2,1-2H3,(H,19,20). The van der Waals surface area contributed by atoms with Gasteiger partial charge in [-0.1, -0.05) is 33.1 Å². The number of hydrogen-bond acceptors (Lipinski definition) is 3. The van der Waals surface area contributed by atoms with Crippen LogP contribution in [0, 0.1) is 5.92 Å². The van der Waals surface area contributed by atoms with Gasteiger partial charge in [-0.05, 0) is 24.3 Å². The number of hydrogen-bond donors (Lipinski definition) is 1. The first kappa shape index (κ1) is 13.1. The molecule has 2 heterocycles. The Kier molecular flexibility index (Phi) is 3.20. The van der Waals surface area contributed by atoms with Crippen LogP contribution in [0.4, 0.5) is 0 Å². The van der Waals surface area contributed by atoms with E-state index in [9.17, 15) is 4.79 Å². The topological polar surface area (TPSA) is 67.5 Å². The third-order valence-electron chi connectivity index (χ3n) is 4.04. The normalized spacial score (nSPS) is 15.8. The molecule has 0 bridgehead atoms. The predicted octanol–water partition coefficient (Wildman–Crippen LogP) is 2.89. The summed E-state index contributed by atoms with van der Waals surface area (Å²) in [6.45, 7) is 4.17. The number of aromatic carboxylic acids is 1. The van der Waals surface area contributed by atoms with Crippen molar-refractivity contribution >= 4 is 11.6 Å². The zero-order valence-corrected chi connectivity index (χ0v) is 11.8. The van der Waals surface area contributed by atoms with Crippen LogP contribution in [-0.4, -0.2) is 25.7 Å². The molecular formula is C15H19N3O2. The van der Waals surface area contributed by atoms with Gasteiger partial charge in [0.2, 0.25) is 0 Å². The number of carbonyl (C=O) groups is 1. The third-order valence-corrected chi connectivity index (χ3v) is 4.04. The molecule has 0 aromatic carbocycles. The van der Waals surface area contributed by atoms with Crippen LogP contribution in [0.15, 0.2) is 12.1 Å². The van der Waals surface area contributed by atoms with Gasteiger partial charge >= 0.3 is 5.97 Å². The van der Waals surface area contributed by atoms with Crippen molar-refractivity contribution in [1.82, 2.24) is 14.6 Å². The minimum absolute atomic E-state index is 0.0557. The first-order chi connectivity index (χ1) is 9.54. The first-order valence-corrected chi connectivity index (χ1v) is 7.17. The smallest absolute Gasteiger partial charge is 0.356 e. The lowest BCUT2D eigenvalue weighted by Gasteiger charge is -2.25. The lowest BCUT2D eigenvalue weighted by molar-refractivity contribution is 0.0690. The second kappa shape index (κ2) is 4.89. The molecule has 0 amide bonds. The van der Waals surface area contributed by atoms with Crippen molar-refractivity contribution in [2.24, 2.45) is 5.92 Å². The van der Waals surface area contributed by atoms with E-state index in [2.05, 4.69) is 30.0 Å². The maximum Gasteiger partial charge on any atom is 0.356 e. The minimum atomic E-state index is -1.01. The van der Waals surface area contributed by atoms with Crippen molar-refractivity contribution in [3.05, 3.63) is 29.2 Å². The Morgan fingerprint density at radius 3 is 2.75 bits per heavy atom.